The van der Waals surface area contributed by atoms with Crippen molar-refractivity contribution >= 4 is 15.9 Å². The molecule has 3 rings (SSSR count). The number of rotatable bonds is 5. The Balaban J connectivity index is 1.86. The van der Waals surface area contributed by atoms with Crippen LogP contribution < -0.4 is 0 Å². The molecule has 1 amide bonds. The lowest BCUT2D eigenvalue weighted by Crippen LogP contribution is -2.50. The van der Waals surface area contributed by atoms with Gasteiger partial charge in [-0.25, -0.2) is 13.4 Å². The molecule has 0 saturated carbocycles. The van der Waals surface area contributed by atoms with Gasteiger partial charge in [0.15, 0.2) is 5.03 Å². The summed E-state index contributed by atoms with van der Waals surface area (Å²) in [6, 6.07) is 0. The number of amides is 1. The van der Waals surface area contributed by atoms with Crippen LogP contribution in [0.3, 0.4) is 0 Å². The Labute approximate surface area is 148 Å². The fraction of sp³-hybridized carbons (Fsp3) is 0.750. The molecule has 2 fully saturated rings. The Kier molecular flexibility index (Phi) is 4.91. The van der Waals surface area contributed by atoms with Gasteiger partial charge in [-0.15, -0.1) is 0 Å². The monoisotopic (exact) mass is 370 g/mol. The molecule has 3 heterocycles. The third kappa shape index (κ3) is 3.32. The molecule has 8 nitrogen and oxygen atoms in total. The Hall–Kier alpha value is -1.45. The van der Waals surface area contributed by atoms with Crippen molar-refractivity contribution in [1.82, 2.24) is 18.8 Å². The predicted molar refractivity (Wildman–Crippen MR) is 91.3 cm³/mol. The number of sulfonamides is 1. The zero-order chi connectivity index (χ0) is 18.2. The summed E-state index contributed by atoms with van der Waals surface area (Å²) < 4.78 is 34.7. The topological polar surface area (TPSA) is 84.7 Å². The van der Waals surface area contributed by atoms with Gasteiger partial charge >= 0.3 is 0 Å². The van der Waals surface area contributed by atoms with Gasteiger partial charge in [0.05, 0.1) is 12.9 Å². The lowest BCUT2D eigenvalue weighted by atomic mass is 9.73. The number of ether oxygens (including phenoxy) is 1. The molecule has 25 heavy (non-hydrogen) atoms. The second-order valence-corrected chi connectivity index (χ2v) is 8.97. The molecule has 2 aliphatic rings. The first-order valence-corrected chi connectivity index (χ1v) is 10.0. The van der Waals surface area contributed by atoms with Gasteiger partial charge in [-0.2, -0.15) is 4.31 Å². The maximum atomic E-state index is 13.0. The van der Waals surface area contributed by atoms with Gasteiger partial charge < -0.3 is 14.2 Å². The lowest BCUT2D eigenvalue weighted by Gasteiger charge is -2.43. The first-order valence-electron chi connectivity index (χ1n) is 8.60. The van der Waals surface area contributed by atoms with Gasteiger partial charge in [-0.1, -0.05) is 0 Å². The molecule has 1 aromatic rings. The van der Waals surface area contributed by atoms with Crippen LogP contribution in [0.1, 0.15) is 20.3 Å². The number of hydrogen-bond donors (Lipinski definition) is 0. The maximum absolute atomic E-state index is 13.0. The first-order chi connectivity index (χ1) is 11.8. The fourth-order valence-electron chi connectivity index (χ4n) is 3.90. The fourth-order valence-corrected chi connectivity index (χ4v) is 5.45. The predicted octanol–water partition coefficient (Wildman–Crippen LogP) is 0.316. The second kappa shape index (κ2) is 6.69. The van der Waals surface area contributed by atoms with Crippen LogP contribution >= 0.6 is 0 Å². The van der Waals surface area contributed by atoms with Crippen LogP contribution in [0.2, 0.25) is 0 Å². The summed E-state index contributed by atoms with van der Waals surface area (Å²) in [5, 5.41) is 0.0728. The standard InChI is InChI=1S/C16H26N4O4S/c1-4-24-11-16-5-6-19(13(2)21)7-14(16)8-20(10-16)25(22,23)15-9-18(3)12-17-15/h9,12,14H,4-8,10-11H2,1-3H3/t14-,16+/m1/s1. The third-order valence-corrected chi connectivity index (χ3v) is 7.12. The van der Waals surface area contributed by atoms with Gasteiger partial charge in [-0.05, 0) is 19.3 Å². The molecule has 0 radical (unpaired) electrons. The van der Waals surface area contributed by atoms with E-state index in [1.54, 1.807) is 18.5 Å². The van der Waals surface area contributed by atoms with Gasteiger partial charge in [0.1, 0.15) is 0 Å². The molecular formula is C16H26N4O4S. The number of carbonyl (C=O) groups excluding carboxylic acids is 1. The van der Waals surface area contributed by atoms with Crippen LogP contribution in [0.15, 0.2) is 17.6 Å². The number of fused-ring (bicyclic) bond motifs is 1. The van der Waals surface area contributed by atoms with Crippen molar-refractivity contribution in [2.24, 2.45) is 18.4 Å². The normalized spacial score (nSPS) is 27.5. The zero-order valence-corrected chi connectivity index (χ0v) is 15.8. The summed E-state index contributed by atoms with van der Waals surface area (Å²) in [5.74, 6) is 0.117. The van der Waals surface area contributed by atoms with Gasteiger partial charge in [0.2, 0.25) is 5.91 Å². The van der Waals surface area contributed by atoms with Crippen LogP contribution in [-0.4, -0.2) is 72.5 Å². The summed E-state index contributed by atoms with van der Waals surface area (Å²) in [7, 11) is -1.89. The molecule has 2 atom stereocenters. The zero-order valence-electron chi connectivity index (χ0n) is 15.0. The minimum absolute atomic E-state index is 0.0380. The summed E-state index contributed by atoms with van der Waals surface area (Å²) in [6.07, 6.45) is 3.77. The number of nitrogens with zero attached hydrogens (tertiary/aromatic N) is 4. The Bertz CT molecular complexity index is 747. The largest absolute Gasteiger partial charge is 0.381 e. The van der Waals surface area contributed by atoms with Gasteiger partial charge in [0, 0.05) is 58.4 Å². The molecule has 0 spiro atoms. The van der Waals surface area contributed by atoms with Crippen LogP contribution in [0.4, 0.5) is 0 Å². The highest BCUT2D eigenvalue weighted by Crippen LogP contribution is 2.44. The van der Waals surface area contributed by atoms with E-state index in [0.717, 1.165) is 6.42 Å². The molecule has 2 saturated heterocycles. The van der Waals surface area contributed by atoms with Gasteiger partial charge in [-0.3, -0.25) is 4.79 Å². The number of imidazole rings is 1. The molecule has 0 bridgehead atoms. The van der Waals surface area contributed by atoms with E-state index in [0.29, 0.717) is 39.4 Å². The number of piperidine rings is 1. The molecule has 2 aliphatic heterocycles. The highest BCUT2D eigenvalue weighted by Gasteiger charge is 2.53. The van der Waals surface area contributed by atoms with Crippen LogP contribution in [0.5, 0.6) is 0 Å². The van der Waals surface area contributed by atoms with Crippen LogP contribution in [0.25, 0.3) is 0 Å². The molecule has 0 N–H and O–H groups in total. The highest BCUT2D eigenvalue weighted by molar-refractivity contribution is 7.89. The lowest BCUT2D eigenvalue weighted by molar-refractivity contribution is -0.133. The molecular weight excluding hydrogens is 344 g/mol. The number of aromatic nitrogens is 2. The average molecular weight is 370 g/mol. The molecule has 0 aromatic carbocycles. The summed E-state index contributed by atoms with van der Waals surface area (Å²) in [6.45, 7) is 6.66. The first kappa shape index (κ1) is 18.3. The Morgan fingerprint density at radius 2 is 2.20 bits per heavy atom. The van der Waals surface area contributed by atoms with E-state index in [1.165, 1.54) is 16.8 Å². The highest BCUT2D eigenvalue weighted by atomic mass is 32.2. The van der Waals surface area contributed by atoms with Crippen molar-refractivity contribution in [3.63, 3.8) is 0 Å². The van der Waals surface area contributed by atoms with E-state index in [2.05, 4.69) is 4.98 Å². The molecule has 0 unspecified atom stereocenters. The summed E-state index contributed by atoms with van der Waals surface area (Å²) >= 11 is 0. The van der Waals surface area contributed by atoms with Crippen molar-refractivity contribution in [2.75, 3.05) is 39.4 Å². The molecule has 1 aromatic heterocycles. The minimum Gasteiger partial charge on any atom is -0.381 e. The average Bonchev–Trinajstić information content (AvgIpc) is 3.16. The van der Waals surface area contributed by atoms with E-state index >= 15 is 0 Å². The van der Waals surface area contributed by atoms with Gasteiger partial charge in [0.25, 0.3) is 10.0 Å². The maximum Gasteiger partial charge on any atom is 0.262 e. The van der Waals surface area contributed by atoms with Crippen molar-refractivity contribution in [1.29, 1.82) is 0 Å². The Morgan fingerprint density at radius 3 is 2.80 bits per heavy atom. The van der Waals surface area contributed by atoms with E-state index in [1.807, 2.05) is 11.8 Å². The second-order valence-electron chi connectivity index (χ2n) is 7.09. The van der Waals surface area contributed by atoms with Crippen molar-refractivity contribution < 1.29 is 17.9 Å². The quantitative estimate of drug-likeness (QED) is 0.745. The van der Waals surface area contributed by atoms with Crippen molar-refractivity contribution in [3.05, 3.63) is 12.5 Å². The smallest absolute Gasteiger partial charge is 0.262 e. The molecule has 140 valence electrons. The molecule has 9 heteroatoms. The minimum atomic E-state index is -3.63. The van der Waals surface area contributed by atoms with E-state index < -0.39 is 10.0 Å². The molecule has 0 aliphatic carbocycles. The SMILES string of the molecule is CCOC[C@@]12CCN(C(C)=O)C[C@@H]1CN(S(=O)(=O)c1cn(C)cn1)C2. The van der Waals surface area contributed by atoms with E-state index in [4.69, 9.17) is 4.74 Å². The summed E-state index contributed by atoms with van der Waals surface area (Å²) in [4.78, 5) is 17.6. The van der Waals surface area contributed by atoms with E-state index in [-0.39, 0.29) is 22.3 Å². The Morgan fingerprint density at radius 1 is 1.44 bits per heavy atom. The van der Waals surface area contributed by atoms with Crippen LogP contribution in [-0.2, 0) is 26.6 Å². The summed E-state index contributed by atoms with van der Waals surface area (Å²) in [5.41, 5.74) is -0.232. The van der Waals surface area contributed by atoms with Crippen LogP contribution in [0, 0.1) is 11.3 Å². The third-order valence-electron chi connectivity index (χ3n) is 5.43. The number of hydrogen-bond acceptors (Lipinski definition) is 5. The number of carbonyl (C=O) groups is 1. The van der Waals surface area contributed by atoms with E-state index in [9.17, 15) is 13.2 Å². The van der Waals surface area contributed by atoms with Crippen molar-refractivity contribution in [2.45, 2.75) is 25.3 Å². The number of aryl methyl sites for hydroxylation is 1. The van der Waals surface area contributed by atoms with Crippen molar-refractivity contribution in [3.8, 4) is 0 Å². The number of likely N-dealkylation sites (tertiary alicyclic amines) is 1.